The first-order valence-corrected chi connectivity index (χ1v) is 6.70. The summed E-state index contributed by atoms with van der Waals surface area (Å²) in [6, 6.07) is 7.78. The molecule has 0 atom stereocenters. The van der Waals surface area contributed by atoms with Crippen molar-refractivity contribution in [1.82, 2.24) is 4.90 Å². The molecule has 2 rings (SSSR count). The Balaban J connectivity index is 1.72. The Morgan fingerprint density at radius 2 is 1.82 bits per heavy atom. The molecule has 0 radical (unpaired) electrons. The van der Waals surface area contributed by atoms with Crippen LogP contribution in [0.2, 0.25) is 5.02 Å². The Hall–Kier alpha value is -0.860. The van der Waals surface area contributed by atoms with E-state index in [0.717, 1.165) is 23.7 Å². The topological polar surface area (TPSA) is 15.6 Å². The van der Waals surface area contributed by atoms with Crippen molar-refractivity contribution >= 4 is 17.8 Å². The second kappa shape index (κ2) is 6.77. The summed E-state index contributed by atoms with van der Waals surface area (Å²) < 4.78 is 0. The van der Waals surface area contributed by atoms with Gasteiger partial charge in [-0.05, 0) is 43.6 Å². The molecular formula is C14H19ClN2. The summed E-state index contributed by atoms with van der Waals surface area (Å²) in [6.07, 6.45) is 6.02. The number of likely N-dealkylation sites (tertiary alicyclic amines) is 1. The monoisotopic (exact) mass is 250 g/mol. The highest BCUT2D eigenvalue weighted by Gasteiger charge is 2.08. The number of benzene rings is 1. The highest BCUT2D eigenvalue weighted by molar-refractivity contribution is 6.30. The molecule has 0 bridgehead atoms. The van der Waals surface area contributed by atoms with Gasteiger partial charge in [0, 0.05) is 17.8 Å². The van der Waals surface area contributed by atoms with Crippen LogP contribution in [0.4, 0.5) is 0 Å². The molecule has 0 N–H and O–H groups in total. The molecule has 0 unspecified atom stereocenters. The van der Waals surface area contributed by atoms with E-state index in [0.29, 0.717) is 0 Å². The van der Waals surface area contributed by atoms with Crippen LogP contribution in [0.5, 0.6) is 0 Å². The van der Waals surface area contributed by atoms with Gasteiger partial charge in [-0.15, -0.1) is 0 Å². The summed E-state index contributed by atoms with van der Waals surface area (Å²) in [5.41, 5.74) is 1.12. The summed E-state index contributed by atoms with van der Waals surface area (Å²) in [5, 5.41) is 0.774. The van der Waals surface area contributed by atoms with Crippen LogP contribution in [-0.2, 0) is 0 Å². The van der Waals surface area contributed by atoms with Crippen LogP contribution in [0.1, 0.15) is 24.8 Å². The summed E-state index contributed by atoms with van der Waals surface area (Å²) in [5.74, 6) is 0. The molecule has 0 aliphatic carbocycles. The molecule has 92 valence electrons. The van der Waals surface area contributed by atoms with E-state index < -0.39 is 0 Å². The van der Waals surface area contributed by atoms with Crippen molar-refractivity contribution in [1.29, 1.82) is 0 Å². The number of rotatable bonds is 4. The van der Waals surface area contributed by atoms with E-state index in [4.69, 9.17) is 11.6 Å². The van der Waals surface area contributed by atoms with Crippen LogP contribution in [-0.4, -0.2) is 37.3 Å². The van der Waals surface area contributed by atoms with Crippen molar-refractivity contribution in [2.24, 2.45) is 4.99 Å². The molecular weight excluding hydrogens is 232 g/mol. The third kappa shape index (κ3) is 4.49. The van der Waals surface area contributed by atoms with Gasteiger partial charge >= 0.3 is 0 Å². The number of hydrogen-bond acceptors (Lipinski definition) is 2. The molecule has 1 aromatic carbocycles. The quantitative estimate of drug-likeness (QED) is 0.749. The minimum atomic E-state index is 0.774. The van der Waals surface area contributed by atoms with Gasteiger partial charge in [0.1, 0.15) is 0 Å². The van der Waals surface area contributed by atoms with Crippen molar-refractivity contribution in [2.45, 2.75) is 19.3 Å². The molecule has 1 aliphatic rings. The Bertz CT molecular complexity index is 353. The van der Waals surface area contributed by atoms with Gasteiger partial charge in [-0.1, -0.05) is 30.2 Å². The van der Waals surface area contributed by atoms with Gasteiger partial charge in [-0.25, -0.2) is 0 Å². The molecule has 1 saturated heterocycles. The summed E-state index contributed by atoms with van der Waals surface area (Å²) >= 11 is 5.82. The molecule has 1 fully saturated rings. The van der Waals surface area contributed by atoms with Crippen molar-refractivity contribution < 1.29 is 0 Å². The Morgan fingerprint density at radius 3 is 2.53 bits per heavy atom. The lowest BCUT2D eigenvalue weighted by molar-refractivity contribution is 0.235. The fourth-order valence-electron chi connectivity index (χ4n) is 2.10. The molecule has 0 spiro atoms. The maximum absolute atomic E-state index is 5.82. The zero-order valence-corrected chi connectivity index (χ0v) is 10.9. The SMILES string of the molecule is Clc1ccc(C=NCCN2CCCCC2)cc1. The largest absolute Gasteiger partial charge is 0.301 e. The Labute approximate surface area is 108 Å². The Kier molecular flexibility index (Phi) is 5.02. The average molecular weight is 251 g/mol. The number of aliphatic imine (C=N–C) groups is 1. The van der Waals surface area contributed by atoms with Crippen molar-refractivity contribution in [2.75, 3.05) is 26.2 Å². The normalized spacial score (nSPS) is 17.7. The van der Waals surface area contributed by atoms with Crippen molar-refractivity contribution in [3.8, 4) is 0 Å². The van der Waals surface area contributed by atoms with E-state index >= 15 is 0 Å². The van der Waals surface area contributed by atoms with E-state index in [1.807, 2.05) is 30.5 Å². The fourth-order valence-corrected chi connectivity index (χ4v) is 2.23. The lowest BCUT2D eigenvalue weighted by Gasteiger charge is -2.25. The number of halogens is 1. The summed E-state index contributed by atoms with van der Waals surface area (Å²) in [6.45, 7) is 4.47. The lowest BCUT2D eigenvalue weighted by Crippen LogP contribution is -2.31. The van der Waals surface area contributed by atoms with E-state index in [1.54, 1.807) is 0 Å². The van der Waals surface area contributed by atoms with Crippen LogP contribution < -0.4 is 0 Å². The third-order valence-corrected chi connectivity index (χ3v) is 3.36. The van der Waals surface area contributed by atoms with E-state index in [-0.39, 0.29) is 0 Å². The van der Waals surface area contributed by atoms with E-state index in [1.165, 1.54) is 32.4 Å². The highest BCUT2D eigenvalue weighted by atomic mass is 35.5. The molecule has 2 nitrogen and oxygen atoms in total. The van der Waals surface area contributed by atoms with Crippen LogP contribution in [0.25, 0.3) is 0 Å². The zero-order valence-electron chi connectivity index (χ0n) is 10.1. The van der Waals surface area contributed by atoms with E-state index in [2.05, 4.69) is 9.89 Å². The Morgan fingerprint density at radius 1 is 1.12 bits per heavy atom. The average Bonchev–Trinajstić information content (AvgIpc) is 2.38. The molecule has 1 aliphatic heterocycles. The first-order chi connectivity index (χ1) is 8.34. The van der Waals surface area contributed by atoms with Gasteiger partial charge in [0.05, 0.1) is 6.54 Å². The van der Waals surface area contributed by atoms with Gasteiger partial charge in [0.2, 0.25) is 0 Å². The minimum absolute atomic E-state index is 0.774. The van der Waals surface area contributed by atoms with Gasteiger partial charge in [-0.2, -0.15) is 0 Å². The van der Waals surface area contributed by atoms with Gasteiger partial charge in [-0.3, -0.25) is 4.99 Å². The molecule has 0 amide bonds. The van der Waals surface area contributed by atoms with Crippen LogP contribution in [0.15, 0.2) is 29.3 Å². The second-order valence-corrected chi connectivity index (χ2v) is 4.93. The summed E-state index contributed by atoms with van der Waals surface area (Å²) in [4.78, 5) is 6.96. The van der Waals surface area contributed by atoms with Crippen LogP contribution >= 0.6 is 11.6 Å². The number of hydrogen-bond donors (Lipinski definition) is 0. The molecule has 1 heterocycles. The molecule has 0 aromatic heterocycles. The first-order valence-electron chi connectivity index (χ1n) is 6.32. The van der Waals surface area contributed by atoms with Gasteiger partial charge in [0.15, 0.2) is 0 Å². The van der Waals surface area contributed by atoms with Gasteiger partial charge < -0.3 is 4.90 Å². The third-order valence-electron chi connectivity index (χ3n) is 3.10. The lowest BCUT2D eigenvalue weighted by atomic mass is 10.1. The van der Waals surface area contributed by atoms with Crippen molar-refractivity contribution in [3.63, 3.8) is 0 Å². The first kappa shape index (κ1) is 12.6. The molecule has 3 heteroatoms. The smallest absolute Gasteiger partial charge is 0.0517 e. The van der Waals surface area contributed by atoms with Crippen LogP contribution in [0.3, 0.4) is 0 Å². The number of piperidine rings is 1. The predicted molar refractivity (Wildman–Crippen MR) is 74.2 cm³/mol. The maximum atomic E-state index is 5.82. The minimum Gasteiger partial charge on any atom is -0.301 e. The standard InChI is InChI=1S/C14H19ClN2/c15-14-6-4-13(5-7-14)12-16-8-11-17-9-2-1-3-10-17/h4-7,12H,1-3,8-11H2. The van der Waals surface area contributed by atoms with E-state index in [9.17, 15) is 0 Å². The second-order valence-electron chi connectivity index (χ2n) is 4.49. The number of nitrogens with zero attached hydrogens (tertiary/aromatic N) is 2. The predicted octanol–water partition coefficient (Wildman–Crippen LogP) is 3.24. The molecule has 0 saturated carbocycles. The van der Waals surface area contributed by atoms with Crippen LogP contribution in [0, 0.1) is 0 Å². The van der Waals surface area contributed by atoms with Crippen molar-refractivity contribution in [3.05, 3.63) is 34.9 Å². The molecule has 17 heavy (non-hydrogen) atoms. The molecule has 1 aromatic rings. The van der Waals surface area contributed by atoms with Gasteiger partial charge in [0.25, 0.3) is 0 Å². The highest BCUT2D eigenvalue weighted by Crippen LogP contribution is 2.09. The fraction of sp³-hybridized carbons (Fsp3) is 0.500. The zero-order chi connectivity index (χ0) is 11.9. The maximum Gasteiger partial charge on any atom is 0.0517 e. The summed E-state index contributed by atoms with van der Waals surface area (Å²) in [7, 11) is 0.